The predicted molar refractivity (Wildman–Crippen MR) is 72.8 cm³/mol. The molecule has 100 valence electrons. The van der Waals surface area contributed by atoms with Gasteiger partial charge in [-0.25, -0.2) is 0 Å². The highest BCUT2D eigenvalue weighted by atomic mass is 16.5. The predicted octanol–water partition coefficient (Wildman–Crippen LogP) is 2.65. The molecule has 0 amide bonds. The van der Waals surface area contributed by atoms with Crippen molar-refractivity contribution in [2.24, 2.45) is 0 Å². The van der Waals surface area contributed by atoms with Gasteiger partial charge < -0.3 is 15.2 Å². The van der Waals surface area contributed by atoms with Crippen LogP contribution in [-0.2, 0) is 0 Å². The van der Waals surface area contributed by atoms with Crippen molar-refractivity contribution < 1.29 is 9.84 Å². The first-order valence-corrected chi connectivity index (χ1v) is 6.95. The van der Waals surface area contributed by atoms with Gasteiger partial charge in [0.1, 0.15) is 5.75 Å². The molecule has 1 heterocycles. The van der Waals surface area contributed by atoms with E-state index in [1.165, 1.54) is 12.8 Å². The van der Waals surface area contributed by atoms with E-state index in [0.717, 1.165) is 37.3 Å². The standard InChI is InChI=1S/C15H23NO2/c1-2-11-18-13-8-6-12(7-9-13)15(17)14-5-3-4-10-16-14/h6-9,14-17H,2-5,10-11H2,1H3. The maximum atomic E-state index is 10.3. The second-order valence-electron chi connectivity index (χ2n) is 4.92. The third kappa shape index (κ3) is 3.47. The van der Waals surface area contributed by atoms with Crippen molar-refractivity contribution in [2.75, 3.05) is 13.2 Å². The molecular weight excluding hydrogens is 226 g/mol. The zero-order valence-electron chi connectivity index (χ0n) is 11.1. The first-order chi connectivity index (χ1) is 8.81. The fraction of sp³-hybridized carbons (Fsp3) is 0.600. The van der Waals surface area contributed by atoms with Crippen LogP contribution in [0.5, 0.6) is 5.75 Å². The van der Waals surface area contributed by atoms with Gasteiger partial charge >= 0.3 is 0 Å². The van der Waals surface area contributed by atoms with E-state index in [1.807, 2.05) is 24.3 Å². The van der Waals surface area contributed by atoms with Crippen molar-refractivity contribution >= 4 is 0 Å². The van der Waals surface area contributed by atoms with Crippen molar-refractivity contribution in [2.45, 2.75) is 44.8 Å². The molecule has 0 saturated carbocycles. The van der Waals surface area contributed by atoms with E-state index in [-0.39, 0.29) is 6.04 Å². The van der Waals surface area contributed by atoms with Crippen LogP contribution in [-0.4, -0.2) is 24.3 Å². The number of ether oxygens (including phenoxy) is 1. The van der Waals surface area contributed by atoms with Crippen LogP contribution in [0, 0.1) is 0 Å². The normalized spacial score (nSPS) is 21.6. The van der Waals surface area contributed by atoms with Gasteiger partial charge in [-0.15, -0.1) is 0 Å². The number of aliphatic hydroxyl groups excluding tert-OH is 1. The number of rotatable bonds is 5. The Morgan fingerprint density at radius 1 is 1.33 bits per heavy atom. The highest BCUT2D eigenvalue weighted by Crippen LogP contribution is 2.24. The molecule has 18 heavy (non-hydrogen) atoms. The largest absolute Gasteiger partial charge is 0.494 e. The van der Waals surface area contributed by atoms with Gasteiger partial charge in [0, 0.05) is 6.04 Å². The Labute approximate surface area is 109 Å². The third-order valence-corrected chi connectivity index (χ3v) is 3.42. The van der Waals surface area contributed by atoms with E-state index in [4.69, 9.17) is 4.74 Å². The molecule has 1 saturated heterocycles. The molecule has 0 spiro atoms. The van der Waals surface area contributed by atoms with E-state index >= 15 is 0 Å². The molecule has 1 aromatic rings. The zero-order valence-corrected chi connectivity index (χ0v) is 11.1. The summed E-state index contributed by atoms with van der Waals surface area (Å²) in [6, 6.07) is 8.01. The number of nitrogens with one attached hydrogen (secondary N) is 1. The van der Waals surface area contributed by atoms with Crippen molar-refractivity contribution in [3.05, 3.63) is 29.8 Å². The molecule has 2 atom stereocenters. The molecule has 2 N–H and O–H groups in total. The van der Waals surface area contributed by atoms with Gasteiger partial charge in [-0.2, -0.15) is 0 Å². The van der Waals surface area contributed by atoms with E-state index in [1.54, 1.807) is 0 Å². The van der Waals surface area contributed by atoms with Crippen molar-refractivity contribution in [1.82, 2.24) is 5.32 Å². The van der Waals surface area contributed by atoms with Crippen molar-refractivity contribution in [3.63, 3.8) is 0 Å². The molecule has 3 heteroatoms. The molecule has 1 aliphatic rings. The Kier molecular flexibility index (Phi) is 5.02. The van der Waals surface area contributed by atoms with Gasteiger partial charge in [0.15, 0.2) is 0 Å². The van der Waals surface area contributed by atoms with Gasteiger partial charge in [-0.3, -0.25) is 0 Å². The van der Waals surface area contributed by atoms with Gasteiger partial charge in [-0.1, -0.05) is 25.5 Å². The second-order valence-corrected chi connectivity index (χ2v) is 4.92. The number of hydrogen-bond donors (Lipinski definition) is 2. The molecule has 2 rings (SSSR count). The maximum Gasteiger partial charge on any atom is 0.119 e. The topological polar surface area (TPSA) is 41.5 Å². The molecule has 1 aromatic carbocycles. The van der Waals surface area contributed by atoms with Crippen LogP contribution >= 0.6 is 0 Å². The third-order valence-electron chi connectivity index (χ3n) is 3.42. The summed E-state index contributed by atoms with van der Waals surface area (Å²) >= 11 is 0. The summed E-state index contributed by atoms with van der Waals surface area (Å²) in [5, 5.41) is 13.7. The smallest absolute Gasteiger partial charge is 0.119 e. The molecule has 2 unspecified atom stereocenters. The Morgan fingerprint density at radius 3 is 2.72 bits per heavy atom. The van der Waals surface area contributed by atoms with Gasteiger partial charge in [0.2, 0.25) is 0 Å². The second kappa shape index (κ2) is 6.76. The van der Waals surface area contributed by atoms with Crippen molar-refractivity contribution in [1.29, 1.82) is 0 Å². The first kappa shape index (κ1) is 13.4. The fourth-order valence-corrected chi connectivity index (χ4v) is 2.36. The summed E-state index contributed by atoms with van der Waals surface area (Å²) in [6.45, 7) is 3.85. The lowest BCUT2D eigenvalue weighted by atomic mass is 9.95. The SMILES string of the molecule is CCCOc1ccc(C(O)C2CCCCN2)cc1. The van der Waals surface area contributed by atoms with Crippen LogP contribution in [0.3, 0.4) is 0 Å². The van der Waals surface area contributed by atoms with E-state index in [0.29, 0.717) is 0 Å². The molecule has 0 aliphatic carbocycles. The van der Waals surface area contributed by atoms with E-state index in [2.05, 4.69) is 12.2 Å². The molecule has 0 radical (unpaired) electrons. The van der Waals surface area contributed by atoms with Crippen LogP contribution in [0.2, 0.25) is 0 Å². The summed E-state index contributed by atoms with van der Waals surface area (Å²) in [4.78, 5) is 0. The van der Waals surface area contributed by atoms with Gasteiger partial charge in [0.05, 0.1) is 12.7 Å². The minimum atomic E-state index is -0.412. The van der Waals surface area contributed by atoms with Crippen LogP contribution in [0.25, 0.3) is 0 Å². The van der Waals surface area contributed by atoms with Crippen LogP contribution < -0.4 is 10.1 Å². The maximum absolute atomic E-state index is 10.3. The zero-order chi connectivity index (χ0) is 12.8. The van der Waals surface area contributed by atoms with Crippen LogP contribution in [0.1, 0.15) is 44.3 Å². The van der Waals surface area contributed by atoms with Crippen LogP contribution in [0.4, 0.5) is 0 Å². The lowest BCUT2D eigenvalue weighted by molar-refractivity contribution is 0.114. The minimum Gasteiger partial charge on any atom is -0.494 e. The summed E-state index contributed by atoms with van der Waals surface area (Å²) in [6.07, 6.45) is 4.07. The summed E-state index contributed by atoms with van der Waals surface area (Å²) < 4.78 is 5.54. The van der Waals surface area contributed by atoms with Gasteiger partial charge in [0.25, 0.3) is 0 Å². The summed E-state index contributed by atoms with van der Waals surface area (Å²) in [5.41, 5.74) is 0.971. The summed E-state index contributed by atoms with van der Waals surface area (Å²) in [5.74, 6) is 0.879. The molecular formula is C15H23NO2. The first-order valence-electron chi connectivity index (χ1n) is 6.95. The van der Waals surface area contributed by atoms with Crippen molar-refractivity contribution in [3.8, 4) is 5.75 Å². The van der Waals surface area contributed by atoms with Gasteiger partial charge in [-0.05, 0) is 43.5 Å². The number of aliphatic hydroxyl groups is 1. The van der Waals surface area contributed by atoms with E-state index < -0.39 is 6.10 Å². The highest BCUT2D eigenvalue weighted by Gasteiger charge is 2.22. The Hall–Kier alpha value is -1.06. The molecule has 0 bridgehead atoms. The number of piperidine rings is 1. The van der Waals surface area contributed by atoms with Crippen LogP contribution in [0.15, 0.2) is 24.3 Å². The quantitative estimate of drug-likeness (QED) is 0.843. The minimum absolute atomic E-state index is 0.196. The summed E-state index contributed by atoms with van der Waals surface area (Å²) in [7, 11) is 0. The van der Waals surface area contributed by atoms with E-state index in [9.17, 15) is 5.11 Å². The monoisotopic (exact) mass is 249 g/mol. The highest BCUT2D eigenvalue weighted by molar-refractivity contribution is 5.29. The Morgan fingerprint density at radius 2 is 2.11 bits per heavy atom. The lowest BCUT2D eigenvalue weighted by Crippen LogP contribution is -2.38. The molecule has 1 fully saturated rings. The molecule has 3 nitrogen and oxygen atoms in total. The Balaban J connectivity index is 1.95. The Bertz CT molecular complexity index is 344. The average molecular weight is 249 g/mol. The average Bonchev–Trinajstić information content (AvgIpc) is 2.46. The lowest BCUT2D eigenvalue weighted by Gasteiger charge is -2.28. The number of hydrogen-bond acceptors (Lipinski definition) is 3. The molecule has 1 aliphatic heterocycles. The molecule has 0 aromatic heterocycles. The fourth-order valence-electron chi connectivity index (χ4n) is 2.36. The number of benzene rings is 1.